The maximum atomic E-state index is 12.6. The van der Waals surface area contributed by atoms with Crippen LogP contribution in [0, 0.1) is 5.92 Å². The standard InChI is InChI=1S/C17H25N3O3S/c21-16(18-11-15-4-2-10-24-15)13-19-5-1-3-14(12-19)17(22)20-6-8-23-9-7-20/h2,4,10,14H,1,3,5-9,11-13H2,(H,18,21). The lowest BCUT2D eigenvalue weighted by atomic mass is 9.96. The minimum Gasteiger partial charge on any atom is -0.378 e. The van der Waals surface area contributed by atoms with Crippen LogP contribution < -0.4 is 5.32 Å². The minimum atomic E-state index is 0.0157. The fourth-order valence-electron chi connectivity index (χ4n) is 3.30. The average molecular weight is 351 g/mol. The van der Waals surface area contributed by atoms with Gasteiger partial charge in [-0.25, -0.2) is 0 Å². The lowest BCUT2D eigenvalue weighted by Crippen LogP contribution is -2.49. The highest BCUT2D eigenvalue weighted by Crippen LogP contribution is 2.19. The zero-order valence-electron chi connectivity index (χ0n) is 13.9. The number of carbonyl (C=O) groups excluding carboxylic acids is 2. The molecule has 1 unspecified atom stereocenters. The second kappa shape index (κ2) is 8.60. The summed E-state index contributed by atoms with van der Waals surface area (Å²) in [6.45, 7) is 5.18. The molecule has 2 saturated heterocycles. The third kappa shape index (κ3) is 4.78. The van der Waals surface area contributed by atoms with Crippen molar-refractivity contribution < 1.29 is 14.3 Å². The number of nitrogens with one attached hydrogen (secondary N) is 1. The molecule has 1 aromatic rings. The molecular weight excluding hydrogens is 326 g/mol. The van der Waals surface area contributed by atoms with Gasteiger partial charge in [-0.3, -0.25) is 14.5 Å². The van der Waals surface area contributed by atoms with Crippen molar-refractivity contribution in [1.29, 1.82) is 0 Å². The number of hydrogen-bond acceptors (Lipinski definition) is 5. The van der Waals surface area contributed by atoms with Crippen LogP contribution in [0.2, 0.25) is 0 Å². The molecule has 2 amide bonds. The number of ether oxygens (including phenoxy) is 1. The van der Waals surface area contributed by atoms with Gasteiger partial charge < -0.3 is 15.0 Å². The molecule has 0 saturated carbocycles. The molecule has 2 fully saturated rings. The van der Waals surface area contributed by atoms with Gasteiger partial charge in [0.2, 0.25) is 11.8 Å². The number of hydrogen-bond donors (Lipinski definition) is 1. The maximum Gasteiger partial charge on any atom is 0.234 e. The summed E-state index contributed by atoms with van der Waals surface area (Å²) >= 11 is 1.64. The van der Waals surface area contributed by atoms with Crippen LogP contribution in [0.3, 0.4) is 0 Å². The number of rotatable bonds is 5. The molecule has 2 aliphatic rings. The average Bonchev–Trinajstić information content (AvgIpc) is 3.14. The highest BCUT2D eigenvalue weighted by Gasteiger charge is 2.30. The monoisotopic (exact) mass is 351 g/mol. The molecule has 132 valence electrons. The first kappa shape index (κ1) is 17.4. The van der Waals surface area contributed by atoms with E-state index < -0.39 is 0 Å². The van der Waals surface area contributed by atoms with E-state index >= 15 is 0 Å². The summed E-state index contributed by atoms with van der Waals surface area (Å²) in [4.78, 5) is 29.9. The first-order valence-corrected chi connectivity index (χ1v) is 9.48. The number of nitrogens with zero attached hydrogens (tertiary/aromatic N) is 2. The Morgan fingerprint density at radius 1 is 1.29 bits per heavy atom. The first-order chi connectivity index (χ1) is 11.7. The summed E-state index contributed by atoms with van der Waals surface area (Å²) in [6, 6.07) is 4.00. The summed E-state index contributed by atoms with van der Waals surface area (Å²) in [7, 11) is 0. The van der Waals surface area contributed by atoms with E-state index in [-0.39, 0.29) is 17.7 Å². The molecule has 24 heavy (non-hydrogen) atoms. The minimum absolute atomic E-state index is 0.0157. The second-order valence-electron chi connectivity index (χ2n) is 6.37. The van der Waals surface area contributed by atoms with E-state index in [0.717, 1.165) is 24.3 Å². The van der Waals surface area contributed by atoms with Gasteiger partial charge in [-0.15, -0.1) is 11.3 Å². The van der Waals surface area contributed by atoms with Crippen molar-refractivity contribution in [2.75, 3.05) is 45.9 Å². The van der Waals surface area contributed by atoms with Crippen LogP contribution in [-0.2, 0) is 20.9 Å². The Kier molecular flexibility index (Phi) is 6.23. The van der Waals surface area contributed by atoms with Gasteiger partial charge in [0, 0.05) is 24.5 Å². The third-order valence-electron chi connectivity index (χ3n) is 4.58. The number of likely N-dealkylation sites (tertiary alicyclic amines) is 1. The topological polar surface area (TPSA) is 61.9 Å². The molecule has 7 heteroatoms. The smallest absolute Gasteiger partial charge is 0.234 e. The van der Waals surface area contributed by atoms with E-state index in [1.807, 2.05) is 22.4 Å². The van der Waals surface area contributed by atoms with Crippen molar-refractivity contribution in [1.82, 2.24) is 15.1 Å². The molecule has 1 aromatic heterocycles. The summed E-state index contributed by atoms with van der Waals surface area (Å²) in [5.74, 6) is 0.270. The van der Waals surface area contributed by atoms with Gasteiger partial charge in [0.1, 0.15) is 0 Å². The Labute approximate surface area is 146 Å². The van der Waals surface area contributed by atoms with Crippen molar-refractivity contribution in [2.24, 2.45) is 5.92 Å². The molecule has 3 heterocycles. The van der Waals surface area contributed by atoms with Crippen LogP contribution in [0.1, 0.15) is 17.7 Å². The number of morpholine rings is 1. The highest BCUT2D eigenvalue weighted by atomic mass is 32.1. The Morgan fingerprint density at radius 3 is 2.88 bits per heavy atom. The fourth-order valence-corrected chi connectivity index (χ4v) is 3.95. The van der Waals surface area contributed by atoms with Crippen LogP contribution >= 0.6 is 11.3 Å². The van der Waals surface area contributed by atoms with Gasteiger partial charge >= 0.3 is 0 Å². The molecule has 0 aromatic carbocycles. The van der Waals surface area contributed by atoms with Gasteiger partial charge in [-0.2, -0.15) is 0 Å². The Balaban J connectivity index is 1.44. The highest BCUT2D eigenvalue weighted by molar-refractivity contribution is 7.09. The van der Waals surface area contributed by atoms with E-state index in [9.17, 15) is 9.59 Å². The predicted molar refractivity (Wildman–Crippen MR) is 92.7 cm³/mol. The van der Waals surface area contributed by atoms with Crippen molar-refractivity contribution in [3.05, 3.63) is 22.4 Å². The SMILES string of the molecule is O=C(CN1CCCC(C(=O)N2CCOCC2)C1)NCc1cccs1. The van der Waals surface area contributed by atoms with Gasteiger partial charge in [0.05, 0.1) is 32.2 Å². The largest absolute Gasteiger partial charge is 0.378 e. The van der Waals surface area contributed by atoms with Crippen molar-refractivity contribution >= 4 is 23.2 Å². The van der Waals surface area contributed by atoms with E-state index in [1.165, 1.54) is 0 Å². The fraction of sp³-hybridized carbons (Fsp3) is 0.647. The maximum absolute atomic E-state index is 12.6. The number of amides is 2. The third-order valence-corrected chi connectivity index (χ3v) is 5.46. The van der Waals surface area contributed by atoms with Gasteiger partial charge in [0.25, 0.3) is 0 Å². The first-order valence-electron chi connectivity index (χ1n) is 8.60. The van der Waals surface area contributed by atoms with E-state index in [4.69, 9.17) is 4.74 Å². The summed E-state index contributed by atoms with van der Waals surface area (Å²) in [5.41, 5.74) is 0. The molecule has 6 nitrogen and oxygen atoms in total. The second-order valence-corrected chi connectivity index (χ2v) is 7.40. The lowest BCUT2D eigenvalue weighted by molar-refractivity contribution is -0.142. The number of thiophene rings is 1. The van der Waals surface area contributed by atoms with Gasteiger partial charge in [-0.1, -0.05) is 6.07 Å². The molecule has 1 atom stereocenters. The molecule has 0 bridgehead atoms. The summed E-state index contributed by atoms with van der Waals surface area (Å²) in [5, 5.41) is 4.97. The zero-order valence-corrected chi connectivity index (χ0v) is 14.7. The molecule has 1 N–H and O–H groups in total. The molecule has 2 aliphatic heterocycles. The van der Waals surface area contributed by atoms with Crippen LogP contribution in [0.15, 0.2) is 17.5 Å². The zero-order chi connectivity index (χ0) is 16.8. The van der Waals surface area contributed by atoms with Crippen LogP contribution in [0.4, 0.5) is 0 Å². The van der Waals surface area contributed by atoms with Crippen LogP contribution in [0.5, 0.6) is 0 Å². The van der Waals surface area contributed by atoms with Gasteiger partial charge in [-0.05, 0) is 30.8 Å². The van der Waals surface area contributed by atoms with Crippen molar-refractivity contribution in [3.63, 3.8) is 0 Å². The summed E-state index contributed by atoms with van der Waals surface area (Å²) in [6.07, 6.45) is 1.89. The molecular formula is C17H25N3O3S. The van der Waals surface area contributed by atoms with E-state index in [2.05, 4.69) is 10.2 Å². The Bertz CT molecular complexity index is 543. The molecule has 3 rings (SSSR count). The predicted octanol–water partition coefficient (Wildman–Crippen LogP) is 0.935. The molecule has 0 aliphatic carbocycles. The van der Waals surface area contributed by atoms with Gasteiger partial charge in [0.15, 0.2) is 0 Å². The van der Waals surface area contributed by atoms with Crippen LogP contribution in [-0.4, -0.2) is 67.6 Å². The van der Waals surface area contributed by atoms with E-state index in [0.29, 0.717) is 45.9 Å². The lowest BCUT2D eigenvalue weighted by Gasteiger charge is -2.35. The van der Waals surface area contributed by atoms with E-state index in [1.54, 1.807) is 11.3 Å². The quantitative estimate of drug-likeness (QED) is 0.857. The summed E-state index contributed by atoms with van der Waals surface area (Å²) < 4.78 is 5.31. The Morgan fingerprint density at radius 2 is 2.12 bits per heavy atom. The molecule has 0 spiro atoms. The van der Waals surface area contributed by atoms with Crippen molar-refractivity contribution in [2.45, 2.75) is 19.4 Å². The number of piperidine rings is 1. The molecule has 0 radical (unpaired) electrons. The van der Waals surface area contributed by atoms with Crippen LogP contribution in [0.25, 0.3) is 0 Å². The van der Waals surface area contributed by atoms with Crippen molar-refractivity contribution in [3.8, 4) is 0 Å². The number of carbonyl (C=O) groups is 2. The normalized spacial score (nSPS) is 22.3. The Hall–Kier alpha value is -1.44.